The maximum Gasteiger partial charge on any atom is 0.227 e. The van der Waals surface area contributed by atoms with Gasteiger partial charge in [-0.25, -0.2) is 0 Å². The fourth-order valence-corrected chi connectivity index (χ4v) is 2.39. The van der Waals surface area contributed by atoms with Gasteiger partial charge in [-0.3, -0.25) is 4.79 Å². The maximum absolute atomic E-state index is 12.4. The molecule has 0 unspecified atom stereocenters. The van der Waals surface area contributed by atoms with Gasteiger partial charge >= 0.3 is 0 Å². The molecule has 0 bridgehead atoms. The molecule has 1 fully saturated rings. The highest BCUT2D eigenvalue weighted by atomic mass is 16.5. The van der Waals surface area contributed by atoms with Gasteiger partial charge in [0.1, 0.15) is 5.75 Å². The Labute approximate surface area is 121 Å². The van der Waals surface area contributed by atoms with Gasteiger partial charge < -0.3 is 15.0 Å². The Morgan fingerprint density at radius 2 is 2.10 bits per heavy atom. The van der Waals surface area contributed by atoms with Crippen LogP contribution in [0.3, 0.4) is 0 Å². The molecular weight excluding hydrogens is 252 g/mol. The number of hydrogen-bond donors (Lipinski definition) is 1. The second-order valence-corrected chi connectivity index (χ2v) is 5.44. The van der Waals surface area contributed by atoms with Crippen molar-refractivity contribution in [3.05, 3.63) is 29.8 Å². The summed E-state index contributed by atoms with van der Waals surface area (Å²) in [6, 6.07) is 7.82. The van der Waals surface area contributed by atoms with Crippen LogP contribution in [0.2, 0.25) is 0 Å². The molecule has 4 heteroatoms. The van der Waals surface area contributed by atoms with Crippen LogP contribution in [-0.2, 0) is 11.2 Å². The number of hydrogen-bond acceptors (Lipinski definition) is 3. The lowest BCUT2D eigenvalue weighted by atomic mass is 10.1. The van der Waals surface area contributed by atoms with E-state index in [1.54, 1.807) is 0 Å². The molecule has 1 N–H and O–H groups in total. The topological polar surface area (TPSA) is 41.6 Å². The van der Waals surface area contributed by atoms with Crippen molar-refractivity contribution in [1.29, 1.82) is 0 Å². The van der Waals surface area contributed by atoms with Gasteiger partial charge in [-0.1, -0.05) is 18.2 Å². The molecule has 1 aromatic carbocycles. The largest absolute Gasteiger partial charge is 0.491 e. The number of carbonyl (C=O) groups is 1. The number of nitrogens with zero attached hydrogens (tertiary/aromatic N) is 1. The predicted molar refractivity (Wildman–Crippen MR) is 80.0 cm³/mol. The van der Waals surface area contributed by atoms with Crippen LogP contribution in [0.15, 0.2) is 24.3 Å². The molecule has 1 aromatic rings. The Morgan fingerprint density at radius 3 is 2.90 bits per heavy atom. The Kier molecular flexibility index (Phi) is 5.41. The first-order valence-corrected chi connectivity index (χ1v) is 7.40. The monoisotopic (exact) mass is 276 g/mol. The van der Waals surface area contributed by atoms with Crippen molar-refractivity contribution in [1.82, 2.24) is 10.2 Å². The van der Waals surface area contributed by atoms with Crippen molar-refractivity contribution in [2.45, 2.75) is 32.8 Å². The van der Waals surface area contributed by atoms with Crippen molar-refractivity contribution in [2.75, 3.05) is 26.2 Å². The van der Waals surface area contributed by atoms with Gasteiger partial charge in [-0.2, -0.15) is 0 Å². The molecule has 1 aliphatic rings. The molecular formula is C16H24N2O2. The number of rotatable bonds is 4. The third-order valence-electron chi connectivity index (χ3n) is 3.37. The Balaban J connectivity index is 2.03. The Bertz CT molecular complexity index is 438. The van der Waals surface area contributed by atoms with Gasteiger partial charge in [0.2, 0.25) is 5.91 Å². The molecule has 0 spiro atoms. The van der Waals surface area contributed by atoms with Crippen molar-refractivity contribution in [3.8, 4) is 5.75 Å². The third-order valence-corrected chi connectivity index (χ3v) is 3.37. The summed E-state index contributed by atoms with van der Waals surface area (Å²) in [5.74, 6) is 1.01. The SMILES string of the molecule is CC(C)Oc1ccccc1CC(=O)N1CCCNCC1. The molecule has 1 aliphatic heterocycles. The van der Waals surface area contributed by atoms with Crippen molar-refractivity contribution in [2.24, 2.45) is 0 Å². The van der Waals surface area contributed by atoms with Gasteiger partial charge in [0, 0.05) is 25.2 Å². The summed E-state index contributed by atoms with van der Waals surface area (Å²) in [6.45, 7) is 7.52. The van der Waals surface area contributed by atoms with E-state index in [-0.39, 0.29) is 12.0 Å². The molecule has 1 amide bonds. The molecule has 1 saturated heterocycles. The summed E-state index contributed by atoms with van der Waals surface area (Å²) >= 11 is 0. The smallest absolute Gasteiger partial charge is 0.227 e. The molecule has 110 valence electrons. The van der Waals surface area contributed by atoms with Crippen LogP contribution in [0.25, 0.3) is 0 Å². The van der Waals surface area contributed by atoms with Crippen LogP contribution in [0.5, 0.6) is 5.75 Å². The van der Waals surface area contributed by atoms with Gasteiger partial charge in [0.25, 0.3) is 0 Å². The van der Waals surface area contributed by atoms with E-state index in [0.717, 1.165) is 43.9 Å². The minimum absolute atomic E-state index is 0.119. The van der Waals surface area contributed by atoms with E-state index in [2.05, 4.69) is 5.32 Å². The first kappa shape index (κ1) is 14.9. The number of ether oxygens (including phenoxy) is 1. The van der Waals surface area contributed by atoms with Gasteiger partial charge in [0.15, 0.2) is 0 Å². The van der Waals surface area contributed by atoms with Crippen molar-refractivity contribution >= 4 is 5.91 Å². The normalized spacial score (nSPS) is 16.1. The summed E-state index contributed by atoms with van der Waals surface area (Å²) in [6.07, 6.45) is 1.56. The quantitative estimate of drug-likeness (QED) is 0.912. The first-order valence-electron chi connectivity index (χ1n) is 7.40. The second kappa shape index (κ2) is 7.29. The van der Waals surface area contributed by atoms with Gasteiger partial charge in [0.05, 0.1) is 12.5 Å². The highest BCUT2D eigenvalue weighted by Gasteiger charge is 2.17. The number of amides is 1. The van der Waals surface area contributed by atoms with E-state index in [1.165, 1.54) is 0 Å². The fraction of sp³-hybridized carbons (Fsp3) is 0.562. The van der Waals surface area contributed by atoms with Gasteiger partial charge in [-0.15, -0.1) is 0 Å². The Hall–Kier alpha value is -1.55. The molecule has 0 aromatic heterocycles. The highest BCUT2D eigenvalue weighted by Crippen LogP contribution is 2.20. The van der Waals surface area contributed by atoms with Gasteiger partial charge in [-0.05, 0) is 32.9 Å². The van der Waals surface area contributed by atoms with E-state index >= 15 is 0 Å². The zero-order chi connectivity index (χ0) is 14.4. The average Bonchev–Trinajstić information content (AvgIpc) is 2.69. The van der Waals surface area contributed by atoms with Crippen molar-refractivity contribution in [3.63, 3.8) is 0 Å². The van der Waals surface area contributed by atoms with Crippen LogP contribution < -0.4 is 10.1 Å². The number of para-hydroxylation sites is 1. The second-order valence-electron chi connectivity index (χ2n) is 5.44. The lowest BCUT2D eigenvalue weighted by Gasteiger charge is -2.21. The van der Waals surface area contributed by atoms with E-state index < -0.39 is 0 Å². The molecule has 1 heterocycles. The number of nitrogens with one attached hydrogen (secondary N) is 1. The molecule has 2 rings (SSSR count). The van der Waals surface area contributed by atoms with Crippen LogP contribution in [-0.4, -0.2) is 43.1 Å². The molecule has 0 radical (unpaired) electrons. The first-order chi connectivity index (χ1) is 9.66. The predicted octanol–water partition coefficient (Wildman–Crippen LogP) is 1.84. The van der Waals surface area contributed by atoms with E-state index in [1.807, 2.05) is 43.0 Å². The van der Waals surface area contributed by atoms with Crippen molar-refractivity contribution < 1.29 is 9.53 Å². The fourth-order valence-electron chi connectivity index (χ4n) is 2.39. The van der Waals surface area contributed by atoms with Crippen LogP contribution in [0, 0.1) is 0 Å². The Morgan fingerprint density at radius 1 is 1.30 bits per heavy atom. The summed E-state index contributed by atoms with van der Waals surface area (Å²) in [5, 5.41) is 3.31. The van der Waals surface area contributed by atoms with E-state index in [9.17, 15) is 4.79 Å². The molecule has 0 atom stereocenters. The summed E-state index contributed by atoms with van der Waals surface area (Å²) in [7, 11) is 0. The zero-order valence-corrected chi connectivity index (χ0v) is 12.4. The van der Waals surface area contributed by atoms with E-state index in [0.29, 0.717) is 6.42 Å². The third kappa shape index (κ3) is 4.23. The minimum atomic E-state index is 0.119. The molecule has 0 saturated carbocycles. The maximum atomic E-state index is 12.4. The number of benzene rings is 1. The molecule has 20 heavy (non-hydrogen) atoms. The van der Waals surface area contributed by atoms with Crippen LogP contribution in [0.1, 0.15) is 25.8 Å². The summed E-state index contributed by atoms with van der Waals surface area (Å²) < 4.78 is 5.78. The zero-order valence-electron chi connectivity index (χ0n) is 12.4. The lowest BCUT2D eigenvalue weighted by Crippen LogP contribution is -2.35. The van der Waals surface area contributed by atoms with Crippen LogP contribution >= 0.6 is 0 Å². The minimum Gasteiger partial charge on any atom is -0.491 e. The summed E-state index contributed by atoms with van der Waals surface area (Å²) in [5.41, 5.74) is 0.975. The lowest BCUT2D eigenvalue weighted by molar-refractivity contribution is -0.130. The molecule has 4 nitrogen and oxygen atoms in total. The average molecular weight is 276 g/mol. The highest BCUT2D eigenvalue weighted by molar-refractivity contribution is 5.79. The standard InChI is InChI=1S/C16H24N2O2/c1-13(2)20-15-7-4-3-6-14(15)12-16(19)18-10-5-8-17-9-11-18/h3-4,6-7,13,17H,5,8-12H2,1-2H3. The van der Waals surface area contributed by atoms with E-state index in [4.69, 9.17) is 4.74 Å². The summed E-state index contributed by atoms with van der Waals surface area (Å²) in [4.78, 5) is 14.4. The number of carbonyl (C=O) groups excluding carboxylic acids is 1. The molecule has 0 aliphatic carbocycles. The van der Waals surface area contributed by atoms with Crippen LogP contribution in [0.4, 0.5) is 0 Å².